The van der Waals surface area contributed by atoms with Crippen LogP contribution in [0.5, 0.6) is 5.75 Å². The minimum Gasteiger partial charge on any atom is -0.491 e. The normalized spacial score (nSPS) is 10.6. The maximum Gasteiger partial charge on any atom is 0.313 e. The van der Waals surface area contributed by atoms with Gasteiger partial charge in [-0.3, -0.25) is 9.59 Å². The van der Waals surface area contributed by atoms with Crippen LogP contribution in [0.25, 0.3) is 6.08 Å². The summed E-state index contributed by atoms with van der Waals surface area (Å²) in [6, 6.07) is 7.55. The van der Waals surface area contributed by atoms with Crippen LogP contribution in [0.3, 0.4) is 0 Å². The van der Waals surface area contributed by atoms with Gasteiger partial charge in [0.25, 0.3) is 0 Å². The fraction of sp³-hybridized carbons (Fsp3) is 0.412. The van der Waals surface area contributed by atoms with Gasteiger partial charge in [-0.15, -0.1) is 0 Å². The van der Waals surface area contributed by atoms with Gasteiger partial charge in [-0.2, -0.15) is 0 Å². The smallest absolute Gasteiger partial charge is 0.313 e. The second-order valence-corrected chi connectivity index (χ2v) is 4.58. The van der Waals surface area contributed by atoms with Crippen molar-refractivity contribution in [2.45, 2.75) is 20.3 Å². The molecule has 22 heavy (non-hydrogen) atoms. The van der Waals surface area contributed by atoms with Crippen LogP contribution in [-0.4, -0.2) is 38.2 Å². The van der Waals surface area contributed by atoms with E-state index in [1.54, 1.807) is 6.08 Å². The molecule has 0 aliphatic heterocycles. The molecule has 0 unspecified atom stereocenters. The number of Topliss-reactive ketones (excluding diaryl/α,β-unsaturated/α-hetero) is 1. The first kappa shape index (κ1) is 17.9. The molecule has 0 radical (unpaired) electrons. The van der Waals surface area contributed by atoms with Crippen molar-refractivity contribution in [2.75, 3.05) is 26.4 Å². The van der Waals surface area contributed by atoms with Gasteiger partial charge in [0.2, 0.25) is 0 Å². The van der Waals surface area contributed by atoms with Crippen molar-refractivity contribution < 1.29 is 23.8 Å². The van der Waals surface area contributed by atoms with Gasteiger partial charge in [0, 0.05) is 6.61 Å². The van der Waals surface area contributed by atoms with Gasteiger partial charge in [0.1, 0.15) is 31.2 Å². The Morgan fingerprint density at radius 2 is 1.86 bits per heavy atom. The summed E-state index contributed by atoms with van der Waals surface area (Å²) in [5, 5.41) is 0. The maximum atomic E-state index is 11.2. The van der Waals surface area contributed by atoms with Crippen LogP contribution in [0.15, 0.2) is 30.3 Å². The van der Waals surface area contributed by atoms with E-state index in [1.165, 1.54) is 6.92 Å². The summed E-state index contributed by atoms with van der Waals surface area (Å²) >= 11 is 0. The lowest BCUT2D eigenvalue weighted by atomic mass is 10.2. The summed E-state index contributed by atoms with van der Waals surface area (Å²) in [7, 11) is 0. The lowest BCUT2D eigenvalue weighted by Crippen LogP contribution is -2.08. The minimum absolute atomic E-state index is 0.152. The molecule has 0 bridgehead atoms. The van der Waals surface area contributed by atoms with Crippen molar-refractivity contribution in [3.05, 3.63) is 35.9 Å². The van der Waals surface area contributed by atoms with Crippen LogP contribution >= 0.6 is 0 Å². The third-order valence-electron chi connectivity index (χ3n) is 2.62. The first-order valence-electron chi connectivity index (χ1n) is 7.24. The van der Waals surface area contributed by atoms with E-state index in [-0.39, 0.29) is 18.8 Å². The molecule has 0 amide bonds. The first-order valence-corrected chi connectivity index (χ1v) is 7.24. The lowest BCUT2D eigenvalue weighted by molar-refractivity contribution is -0.144. The molecular formula is C17H22O5. The number of esters is 1. The number of carbonyl (C=O) groups excluding carboxylic acids is 2. The van der Waals surface area contributed by atoms with Gasteiger partial charge in [-0.1, -0.05) is 18.2 Å². The molecule has 0 fully saturated rings. The highest BCUT2D eigenvalue weighted by Gasteiger charge is 2.04. The Labute approximate surface area is 130 Å². The zero-order chi connectivity index (χ0) is 16.2. The average molecular weight is 306 g/mol. The third-order valence-corrected chi connectivity index (χ3v) is 2.62. The molecule has 5 heteroatoms. The number of benzene rings is 1. The maximum absolute atomic E-state index is 11.2. The standard InChI is InChI=1S/C17H22O5/c1-3-20-11-12-21-16-8-6-15(7-9-16)5-4-10-22-17(19)13-14(2)18/h4-9H,3,10-13H2,1-2H3. The highest BCUT2D eigenvalue weighted by molar-refractivity contribution is 5.94. The molecule has 1 rings (SSSR count). The van der Waals surface area contributed by atoms with Crippen molar-refractivity contribution in [1.82, 2.24) is 0 Å². The lowest BCUT2D eigenvalue weighted by Gasteiger charge is -2.06. The van der Waals surface area contributed by atoms with Gasteiger partial charge in [0.15, 0.2) is 0 Å². The summed E-state index contributed by atoms with van der Waals surface area (Å²) in [6.45, 7) is 5.23. The third kappa shape index (κ3) is 8.21. The molecule has 0 aliphatic carbocycles. The van der Waals surface area contributed by atoms with Crippen molar-refractivity contribution in [2.24, 2.45) is 0 Å². The minimum atomic E-state index is -0.504. The van der Waals surface area contributed by atoms with Gasteiger partial charge in [0.05, 0.1) is 6.61 Å². The largest absolute Gasteiger partial charge is 0.491 e. The highest BCUT2D eigenvalue weighted by Crippen LogP contribution is 2.13. The molecule has 0 saturated carbocycles. The van der Waals surface area contributed by atoms with Crippen LogP contribution in [0.2, 0.25) is 0 Å². The number of rotatable bonds is 10. The molecule has 0 atom stereocenters. The van der Waals surface area contributed by atoms with Crippen LogP contribution in [0.1, 0.15) is 25.8 Å². The molecule has 0 heterocycles. The Morgan fingerprint density at radius 3 is 2.50 bits per heavy atom. The van der Waals surface area contributed by atoms with Crippen LogP contribution in [0, 0.1) is 0 Å². The molecule has 0 aromatic heterocycles. The quantitative estimate of drug-likeness (QED) is 0.378. The van der Waals surface area contributed by atoms with Crippen molar-refractivity contribution in [3.8, 4) is 5.75 Å². The second kappa shape index (κ2) is 10.6. The molecule has 1 aromatic rings. The Bertz CT molecular complexity index is 490. The predicted molar refractivity (Wildman–Crippen MR) is 83.7 cm³/mol. The van der Waals surface area contributed by atoms with Gasteiger partial charge in [-0.05, 0) is 37.6 Å². The Kier molecular flexibility index (Phi) is 8.60. The van der Waals surface area contributed by atoms with Crippen LogP contribution in [0.4, 0.5) is 0 Å². The van der Waals surface area contributed by atoms with Crippen molar-refractivity contribution in [3.63, 3.8) is 0 Å². The van der Waals surface area contributed by atoms with Crippen LogP contribution < -0.4 is 4.74 Å². The van der Waals surface area contributed by atoms with E-state index in [0.29, 0.717) is 19.8 Å². The summed E-state index contributed by atoms with van der Waals surface area (Å²) in [6.07, 6.45) is 3.38. The molecule has 5 nitrogen and oxygen atoms in total. The van der Waals surface area contributed by atoms with E-state index in [4.69, 9.17) is 14.2 Å². The van der Waals surface area contributed by atoms with E-state index >= 15 is 0 Å². The molecule has 0 N–H and O–H groups in total. The van der Waals surface area contributed by atoms with E-state index in [9.17, 15) is 9.59 Å². The summed E-state index contributed by atoms with van der Waals surface area (Å²) in [4.78, 5) is 21.9. The Balaban J connectivity index is 2.29. The second-order valence-electron chi connectivity index (χ2n) is 4.58. The molecule has 0 saturated heterocycles. The molecular weight excluding hydrogens is 284 g/mol. The first-order chi connectivity index (χ1) is 10.6. The van der Waals surface area contributed by atoms with E-state index in [0.717, 1.165) is 11.3 Å². The van der Waals surface area contributed by atoms with Crippen molar-refractivity contribution in [1.29, 1.82) is 0 Å². The fourth-order valence-electron chi connectivity index (χ4n) is 1.62. The number of ether oxygens (including phenoxy) is 3. The van der Waals surface area contributed by atoms with E-state index < -0.39 is 5.97 Å². The van der Waals surface area contributed by atoms with Gasteiger partial charge < -0.3 is 14.2 Å². The fourth-order valence-corrected chi connectivity index (χ4v) is 1.62. The van der Waals surface area contributed by atoms with Gasteiger partial charge in [-0.25, -0.2) is 0 Å². The predicted octanol–water partition coefficient (Wildman–Crippen LogP) is 2.64. The highest BCUT2D eigenvalue weighted by atomic mass is 16.5. The van der Waals surface area contributed by atoms with E-state index in [1.807, 2.05) is 37.3 Å². The Hall–Kier alpha value is -2.14. The zero-order valence-electron chi connectivity index (χ0n) is 13.0. The summed E-state index contributed by atoms with van der Waals surface area (Å²) < 4.78 is 15.6. The summed E-state index contributed by atoms with van der Waals surface area (Å²) in [5.41, 5.74) is 0.972. The number of ketones is 1. The number of hydrogen-bond acceptors (Lipinski definition) is 5. The monoisotopic (exact) mass is 306 g/mol. The number of hydrogen-bond donors (Lipinski definition) is 0. The van der Waals surface area contributed by atoms with Crippen molar-refractivity contribution >= 4 is 17.8 Å². The zero-order valence-corrected chi connectivity index (χ0v) is 13.0. The Morgan fingerprint density at radius 1 is 1.14 bits per heavy atom. The van der Waals surface area contributed by atoms with Gasteiger partial charge >= 0.3 is 5.97 Å². The summed E-state index contributed by atoms with van der Waals surface area (Å²) in [5.74, 6) is 0.0776. The van der Waals surface area contributed by atoms with Crippen LogP contribution in [-0.2, 0) is 19.1 Å². The SMILES string of the molecule is CCOCCOc1ccc(C=CCOC(=O)CC(C)=O)cc1. The molecule has 0 spiro atoms. The topological polar surface area (TPSA) is 61.8 Å². The molecule has 120 valence electrons. The molecule has 1 aromatic carbocycles. The molecule has 0 aliphatic rings. The average Bonchev–Trinajstić information content (AvgIpc) is 2.49. The van der Waals surface area contributed by atoms with E-state index in [2.05, 4.69) is 0 Å². The number of carbonyl (C=O) groups is 2.